The summed E-state index contributed by atoms with van der Waals surface area (Å²) < 4.78 is 39.6. The van der Waals surface area contributed by atoms with Gasteiger partial charge >= 0.3 is 0 Å². The van der Waals surface area contributed by atoms with Crippen LogP contribution in [0.3, 0.4) is 0 Å². The van der Waals surface area contributed by atoms with Crippen molar-refractivity contribution in [1.29, 1.82) is 0 Å². The lowest BCUT2D eigenvalue weighted by molar-refractivity contribution is -0.133. The zero-order valence-corrected chi connectivity index (χ0v) is 16.8. The lowest BCUT2D eigenvalue weighted by Crippen LogP contribution is -2.54. The largest absolute Gasteiger partial charge is 0.339 e. The standard InChI is InChI=1S/C19H22FN3O3S.ClH/c20-16-6-8-17(9-7-16)27(25,26)23-12-10-22(11-13-23)19(24)18(21)14-15-4-2-1-3-5-15;/h1-9,18H,10-14,21H2;1H. The van der Waals surface area contributed by atoms with Crippen LogP contribution in [0.1, 0.15) is 5.56 Å². The molecule has 28 heavy (non-hydrogen) atoms. The maximum absolute atomic E-state index is 13.0. The van der Waals surface area contributed by atoms with Crippen LogP contribution in [-0.2, 0) is 21.2 Å². The third-order valence-corrected chi connectivity index (χ3v) is 6.53. The molecule has 9 heteroatoms. The van der Waals surface area contributed by atoms with Gasteiger partial charge in [0, 0.05) is 26.2 Å². The third kappa shape index (κ3) is 5.08. The number of hydrogen-bond acceptors (Lipinski definition) is 4. The average molecular weight is 428 g/mol. The highest BCUT2D eigenvalue weighted by Crippen LogP contribution is 2.18. The van der Waals surface area contributed by atoms with E-state index in [9.17, 15) is 17.6 Å². The van der Waals surface area contributed by atoms with Crippen LogP contribution in [-0.4, -0.2) is 55.8 Å². The molecule has 0 bridgehead atoms. The van der Waals surface area contributed by atoms with E-state index in [-0.39, 0.29) is 49.4 Å². The minimum Gasteiger partial charge on any atom is -0.339 e. The van der Waals surface area contributed by atoms with Crippen LogP contribution in [0.2, 0.25) is 0 Å². The number of nitrogens with zero attached hydrogens (tertiary/aromatic N) is 2. The summed E-state index contributed by atoms with van der Waals surface area (Å²) in [5, 5.41) is 0. The van der Waals surface area contributed by atoms with E-state index in [0.29, 0.717) is 6.42 Å². The fourth-order valence-electron chi connectivity index (χ4n) is 3.09. The van der Waals surface area contributed by atoms with E-state index in [4.69, 9.17) is 5.73 Å². The summed E-state index contributed by atoms with van der Waals surface area (Å²) in [6.07, 6.45) is 0.438. The Morgan fingerprint density at radius 2 is 1.57 bits per heavy atom. The highest BCUT2D eigenvalue weighted by atomic mass is 35.5. The highest BCUT2D eigenvalue weighted by Gasteiger charge is 2.31. The number of rotatable bonds is 5. The number of amides is 1. The van der Waals surface area contributed by atoms with Crippen molar-refractivity contribution in [3.05, 3.63) is 66.0 Å². The Morgan fingerprint density at radius 3 is 2.14 bits per heavy atom. The van der Waals surface area contributed by atoms with Crippen LogP contribution in [0.5, 0.6) is 0 Å². The van der Waals surface area contributed by atoms with Crippen LogP contribution >= 0.6 is 12.4 Å². The molecule has 2 N–H and O–H groups in total. The highest BCUT2D eigenvalue weighted by molar-refractivity contribution is 7.89. The molecule has 1 fully saturated rings. The maximum Gasteiger partial charge on any atom is 0.243 e. The van der Waals surface area contributed by atoms with Gasteiger partial charge in [0.05, 0.1) is 10.9 Å². The molecule has 0 aromatic heterocycles. The van der Waals surface area contributed by atoms with Crippen molar-refractivity contribution in [2.45, 2.75) is 17.4 Å². The van der Waals surface area contributed by atoms with Crippen LogP contribution in [0.25, 0.3) is 0 Å². The van der Waals surface area contributed by atoms with Crippen LogP contribution < -0.4 is 5.73 Å². The zero-order chi connectivity index (χ0) is 19.4. The fourth-order valence-corrected chi connectivity index (χ4v) is 4.52. The molecule has 1 unspecified atom stereocenters. The molecule has 1 atom stereocenters. The number of carbonyl (C=O) groups excluding carboxylic acids is 1. The number of hydrogen-bond donors (Lipinski definition) is 1. The first-order valence-corrected chi connectivity index (χ1v) is 10.2. The van der Waals surface area contributed by atoms with Crippen molar-refractivity contribution < 1.29 is 17.6 Å². The first-order valence-electron chi connectivity index (χ1n) is 8.72. The van der Waals surface area contributed by atoms with Crippen molar-refractivity contribution in [3.63, 3.8) is 0 Å². The van der Waals surface area contributed by atoms with E-state index in [0.717, 1.165) is 17.7 Å². The number of nitrogens with two attached hydrogens (primary N) is 1. The van der Waals surface area contributed by atoms with E-state index in [1.807, 2.05) is 30.3 Å². The zero-order valence-electron chi connectivity index (χ0n) is 15.2. The van der Waals surface area contributed by atoms with Crippen molar-refractivity contribution in [2.75, 3.05) is 26.2 Å². The van der Waals surface area contributed by atoms with Crippen molar-refractivity contribution in [3.8, 4) is 0 Å². The van der Waals surface area contributed by atoms with Gasteiger partial charge in [-0.2, -0.15) is 4.31 Å². The monoisotopic (exact) mass is 427 g/mol. The van der Waals surface area contributed by atoms with Gasteiger partial charge < -0.3 is 10.6 Å². The smallest absolute Gasteiger partial charge is 0.243 e. The first kappa shape index (κ1) is 22.3. The Hall–Kier alpha value is -2.00. The second-order valence-corrected chi connectivity index (χ2v) is 8.42. The SMILES string of the molecule is Cl.NC(Cc1ccccc1)C(=O)N1CCN(S(=O)(=O)c2ccc(F)cc2)CC1. The quantitative estimate of drug-likeness (QED) is 0.786. The molecule has 1 amide bonds. The molecule has 1 aliphatic rings. The number of sulfonamides is 1. The summed E-state index contributed by atoms with van der Waals surface area (Å²) in [6.45, 7) is 0.927. The van der Waals surface area contributed by atoms with E-state index in [2.05, 4.69) is 0 Å². The normalized spacial score (nSPS) is 16.3. The first-order chi connectivity index (χ1) is 12.9. The number of benzene rings is 2. The lowest BCUT2D eigenvalue weighted by atomic mass is 10.1. The maximum atomic E-state index is 13.0. The molecule has 6 nitrogen and oxygen atoms in total. The Kier molecular flexibility index (Phi) is 7.54. The summed E-state index contributed by atoms with van der Waals surface area (Å²) in [4.78, 5) is 14.2. The summed E-state index contributed by atoms with van der Waals surface area (Å²) in [5.41, 5.74) is 7.03. The predicted molar refractivity (Wildman–Crippen MR) is 107 cm³/mol. The fraction of sp³-hybridized carbons (Fsp3) is 0.316. The van der Waals surface area contributed by atoms with E-state index in [1.165, 1.54) is 16.4 Å². The van der Waals surface area contributed by atoms with Crippen molar-refractivity contribution >= 4 is 28.3 Å². The lowest BCUT2D eigenvalue weighted by Gasteiger charge is -2.35. The van der Waals surface area contributed by atoms with Gasteiger partial charge in [-0.1, -0.05) is 30.3 Å². The van der Waals surface area contributed by atoms with Gasteiger partial charge in [0.2, 0.25) is 15.9 Å². The molecule has 0 radical (unpaired) electrons. The van der Waals surface area contributed by atoms with Gasteiger partial charge in [-0.05, 0) is 36.2 Å². The minimum atomic E-state index is -3.70. The third-order valence-electron chi connectivity index (χ3n) is 4.62. The van der Waals surface area contributed by atoms with E-state index >= 15 is 0 Å². The second-order valence-electron chi connectivity index (χ2n) is 6.48. The summed E-state index contributed by atoms with van der Waals surface area (Å²) in [5.74, 6) is -0.672. The van der Waals surface area contributed by atoms with Crippen LogP contribution in [0.15, 0.2) is 59.5 Å². The van der Waals surface area contributed by atoms with Gasteiger partial charge in [-0.3, -0.25) is 4.79 Å². The van der Waals surface area contributed by atoms with Crippen molar-refractivity contribution in [1.82, 2.24) is 9.21 Å². The van der Waals surface area contributed by atoms with E-state index < -0.39 is 21.9 Å². The Labute approximate surface area is 170 Å². The van der Waals surface area contributed by atoms with Gasteiger partial charge in [0.15, 0.2) is 0 Å². The summed E-state index contributed by atoms with van der Waals surface area (Å²) in [7, 11) is -3.70. The molecular formula is C19H23ClFN3O3S. The molecule has 152 valence electrons. The number of carbonyl (C=O) groups is 1. The Bertz CT molecular complexity index is 886. The molecule has 0 spiro atoms. The molecular weight excluding hydrogens is 405 g/mol. The van der Waals surface area contributed by atoms with E-state index in [1.54, 1.807) is 4.90 Å². The second kappa shape index (κ2) is 9.47. The number of piperazine rings is 1. The molecule has 1 saturated heterocycles. The van der Waals surface area contributed by atoms with Crippen LogP contribution in [0.4, 0.5) is 4.39 Å². The predicted octanol–water partition coefficient (Wildman–Crippen LogP) is 1.65. The molecule has 3 rings (SSSR count). The molecule has 1 heterocycles. The molecule has 0 aliphatic carbocycles. The molecule has 2 aromatic rings. The number of halogens is 2. The van der Waals surface area contributed by atoms with Gasteiger partial charge in [-0.15, -0.1) is 12.4 Å². The van der Waals surface area contributed by atoms with Gasteiger partial charge in [0.25, 0.3) is 0 Å². The Balaban J connectivity index is 0.00000280. The van der Waals surface area contributed by atoms with Crippen molar-refractivity contribution in [2.24, 2.45) is 5.73 Å². The molecule has 0 saturated carbocycles. The van der Waals surface area contributed by atoms with Crippen LogP contribution in [0, 0.1) is 5.82 Å². The summed E-state index contributed by atoms with van der Waals surface area (Å²) in [6, 6.07) is 13.6. The summed E-state index contributed by atoms with van der Waals surface area (Å²) >= 11 is 0. The molecule has 1 aliphatic heterocycles. The topological polar surface area (TPSA) is 83.7 Å². The van der Waals surface area contributed by atoms with Gasteiger partial charge in [0.1, 0.15) is 5.82 Å². The van der Waals surface area contributed by atoms with Gasteiger partial charge in [-0.25, -0.2) is 12.8 Å². The Morgan fingerprint density at radius 1 is 1.00 bits per heavy atom. The minimum absolute atomic E-state index is 0. The molecule has 2 aromatic carbocycles. The average Bonchev–Trinajstić information content (AvgIpc) is 2.68.